The van der Waals surface area contributed by atoms with Gasteiger partial charge in [-0.15, -0.1) is 22.7 Å². The van der Waals surface area contributed by atoms with Crippen molar-refractivity contribution in [2.45, 2.75) is 27.7 Å². The second-order valence-electron chi connectivity index (χ2n) is 12.4. The quantitative estimate of drug-likeness (QED) is 0.0993. The van der Waals surface area contributed by atoms with Gasteiger partial charge in [-0.1, -0.05) is 0 Å². The zero-order valence-electron chi connectivity index (χ0n) is 30.3. The van der Waals surface area contributed by atoms with Gasteiger partial charge >= 0.3 is 19.5 Å². The molecule has 0 N–H and O–H groups in total. The summed E-state index contributed by atoms with van der Waals surface area (Å²) in [6.07, 6.45) is 0. The first-order valence-electron chi connectivity index (χ1n) is 14.8. The van der Waals surface area contributed by atoms with Crippen LogP contribution < -0.4 is 79.3 Å². The summed E-state index contributed by atoms with van der Waals surface area (Å²) in [6, 6.07) is 17.8. The number of fused-ring (bicyclic) bond motifs is 4. The summed E-state index contributed by atoms with van der Waals surface area (Å²) in [6.45, 7) is 8.57. The van der Waals surface area contributed by atoms with Gasteiger partial charge in [-0.3, -0.25) is 0 Å². The van der Waals surface area contributed by atoms with Gasteiger partial charge in [-0.25, -0.2) is 19.1 Å². The van der Waals surface area contributed by atoms with Crippen LogP contribution >= 0.6 is 22.7 Å². The maximum atomic E-state index is 4.95. The van der Waals surface area contributed by atoms with Crippen molar-refractivity contribution in [2.24, 2.45) is 0 Å². The largest absolute Gasteiger partial charge is 2.00 e. The molecule has 49 heavy (non-hydrogen) atoms. The van der Waals surface area contributed by atoms with E-state index in [1.807, 2.05) is 22.7 Å². The monoisotopic (exact) mass is 828 g/mol. The van der Waals surface area contributed by atoms with E-state index in [0.29, 0.717) is 0 Å². The smallest absolute Gasteiger partial charge is 1.00 e. The number of nitrogens with zero attached hydrogens (tertiary/aromatic N) is 6. The number of rotatable bonds is 2. The van der Waals surface area contributed by atoms with Crippen molar-refractivity contribution in [3.05, 3.63) is 81.5 Å². The van der Waals surface area contributed by atoms with E-state index < -0.39 is 0 Å². The predicted octanol–water partition coefficient (Wildman–Crippen LogP) is -5.76. The van der Waals surface area contributed by atoms with Crippen molar-refractivity contribution < 1.29 is 69.1 Å². The van der Waals surface area contributed by atoms with Gasteiger partial charge in [-0.2, -0.15) is 0 Å². The average molecular weight is 832 g/mol. The Bertz CT molecular complexity index is 1980. The molecule has 6 nitrogen and oxygen atoms in total. The standard InChI is InChI=1S/2C18H22N3S.4ClH.Zn/c2*1-11-7-13(20(3)4)9-15-17(11)19-18-12(2)8-14(21(5)6)10-16(18)22-15;;;;;/h2*7-10H,1-6H3;4*1H;/q2*+1;;;;;+2/p-4. The molecule has 2 aromatic carbocycles. The van der Waals surface area contributed by atoms with Crippen molar-refractivity contribution in [1.82, 2.24) is 19.1 Å². The summed E-state index contributed by atoms with van der Waals surface area (Å²) in [5.74, 6) is 0. The Kier molecular flexibility index (Phi) is 18.1. The molecule has 260 valence electrons. The van der Waals surface area contributed by atoms with Crippen molar-refractivity contribution in [3.8, 4) is 21.1 Å². The maximum Gasteiger partial charge on any atom is 2.00 e. The number of aryl methyl sites for hydroxylation is 4. The third kappa shape index (κ3) is 10.0. The fourth-order valence-corrected chi connectivity index (χ4v) is 7.70. The summed E-state index contributed by atoms with van der Waals surface area (Å²) in [7, 11) is 16.6. The first-order chi connectivity index (χ1) is 20.7. The Morgan fingerprint density at radius 1 is 0.490 bits per heavy atom. The minimum atomic E-state index is 0. The van der Waals surface area contributed by atoms with Crippen molar-refractivity contribution in [3.63, 3.8) is 0 Å². The molecule has 0 unspecified atom stereocenters. The Hall–Kier alpha value is -2.10. The SMILES string of the molecule is Cc1cc(=[N+](C)C)cc2sc3cc(N(C)C)cc(C)c3nc1-2.Cc1cc(=[N+](C)C)cc2sc3cc(N(C)C)cc(C)c3nc1-2.[Cl-].[Cl-].[Cl-].[Cl-].[Zn+2]. The summed E-state index contributed by atoms with van der Waals surface area (Å²) in [4.78, 5) is 16.7. The first-order valence-corrected chi connectivity index (χ1v) is 16.4. The molecule has 0 atom stereocenters. The fraction of sp³-hybridized carbons (Fsp3) is 0.333. The number of aromatic nitrogens is 2. The van der Waals surface area contributed by atoms with Crippen LogP contribution in [0.5, 0.6) is 0 Å². The van der Waals surface area contributed by atoms with Crippen LogP contribution in [0.4, 0.5) is 11.4 Å². The second-order valence-corrected chi connectivity index (χ2v) is 14.6. The van der Waals surface area contributed by atoms with Gasteiger partial charge in [-0.05, 0) is 74.2 Å². The molecular formula is C36H44Cl4N6S2Zn. The molecule has 0 aromatic heterocycles. The van der Waals surface area contributed by atoms with Crippen molar-refractivity contribution in [2.75, 3.05) is 66.2 Å². The minimum absolute atomic E-state index is 0. The number of hydrogen-bond donors (Lipinski definition) is 0. The molecule has 2 aliphatic heterocycles. The molecule has 0 radical (unpaired) electrons. The molecule has 0 fully saturated rings. The third-order valence-corrected chi connectivity index (χ3v) is 10.1. The normalized spacial score (nSPS) is 10.0. The molecule has 0 spiro atoms. The van der Waals surface area contributed by atoms with Crippen LogP contribution in [-0.4, -0.2) is 66.3 Å². The van der Waals surface area contributed by atoms with E-state index >= 15 is 0 Å². The van der Waals surface area contributed by atoms with Crippen molar-refractivity contribution >= 4 is 54.5 Å². The predicted molar refractivity (Wildman–Crippen MR) is 194 cm³/mol. The van der Waals surface area contributed by atoms with Crippen LogP contribution in [-0.2, 0) is 19.5 Å². The summed E-state index contributed by atoms with van der Waals surface area (Å²) >= 11 is 3.65. The van der Waals surface area contributed by atoms with Gasteiger partial charge in [0.15, 0.2) is 0 Å². The van der Waals surface area contributed by atoms with E-state index in [0.717, 1.165) is 22.4 Å². The minimum Gasteiger partial charge on any atom is -1.00 e. The van der Waals surface area contributed by atoms with Gasteiger partial charge in [0.05, 0.1) is 41.6 Å². The molecule has 0 saturated carbocycles. The van der Waals surface area contributed by atoms with E-state index in [-0.39, 0.29) is 69.1 Å². The molecule has 0 saturated heterocycles. The topological polar surface area (TPSA) is 38.3 Å². The molecule has 0 bridgehead atoms. The Morgan fingerprint density at radius 3 is 1.10 bits per heavy atom. The van der Waals surface area contributed by atoms with Gasteiger partial charge in [0.1, 0.15) is 28.2 Å². The van der Waals surface area contributed by atoms with Crippen LogP contribution in [0.15, 0.2) is 48.5 Å². The van der Waals surface area contributed by atoms with Gasteiger partial charge in [0.25, 0.3) is 0 Å². The second kappa shape index (κ2) is 18.9. The number of hydrogen-bond acceptors (Lipinski definition) is 6. The van der Waals surface area contributed by atoms with E-state index in [4.69, 9.17) is 9.97 Å². The summed E-state index contributed by atoms with van der Waals surface area (Å²) in [5.41, 5.74) is 11.8. The molecule has 0 amide bonds. The van der Waals surface area contributed by atoms with E-state index in [2.05, 4.69) is 152 Å². The fourth-order valence-electron chi connectivity index (χ4n) is 5.29. The zero-order valence-corrected chi connectivity index (χ0v) is 38.0. The number of halogens is 4. The molecular weight excluding hydrogens is 788 g/mol. The van der Waals surface area contributed by atoms with Crippen LogP contribution in [0.3, 0.4) is 0 Å². The maximum absolute atomic E-state index is 4.95. The zero-order chi connectivity index (χ0) is 32.0. The molecule has 2 aliphatic carbocycles. The van der Waals surface area contributed by atoms with E-state index in [1.54, 1.807) is 0 Å². The molecule has 4 aliphatic rings. The Morgan fingerprint density at radius 2 is 0.816 bits per heavy atom. The van der Waals surface area contributed by atoms with Crippen LogP contribution in [0.2, 0.25) is 0 Å². The number of benzene rings is 4. The summed E-state index contributed by atoms with van der Waals surface area (Å²) < 4.78 is 6.77. The van der Waals surface area contributed by atoms with E-state index in [9.17, 15) is 0 Å². The van der Waals surface area contributed by atoms with Crippen LogP contribution in [0, 0.1) is 27.7 Å². The van der Waals surface area contributed by atoms with E-state index in [1.165, 1.54) is 63.5 Å². The Labute approximate surface area is 336 Å². The number of anilines is 2. The average Bonchev–Trinajstić information content (AvgIpc) is 2.95. The molecule has 2 aromatic rings. The van der Waals surface area contributed by atoms with Gasteiger partial charge < -0.3 is 59.4 Å². The van der Waals surface area contributed by atoms with Crippen LogP contribution in [0.1, 0.15) is 22.3 Å². The third-order valence-electron chi connectivity index (χ3n) is 7.95. The van der Waals surface area contributed by atoms with Gasteiger partial charge in [0.2, 0.25) is 10.7 Å². The first kappa shape index (κ1) is 46.9. The van der Waals surface area contributed by atoms with Crippen molar-refractivity contribution in [1.29, 1.82) is 0 Å². The summed E-state index contributed by atoms with van der Waals surface area (Å²) in [5, 5.41) is 2.45. The Balaban J connectivity index is 0.000000853. The van der Waals surface area contributed by atoms with Gasteiger partial charge in [0, 0.05) is 63.8 Å². The van der Waals surface area contributed by atoms with Crippen LogP contribution in [0.25, 0.3) is 41.6 Å². The molecule has 6 rings (SSSR count). The molecule has 13 heteroatoms. The molecule has 2 heterocycles.